The quantitative estimate of drug-likeness (QED) is 0.710. The van der Waals surface area contributed by atoms with Crippen molar-refractivity contribution in [1.29, 1.82) is 0 Å². The van der Waals surface area contributed by atoms with Crippen molar-refractivity contribution in [2.24, 2.45) is 0 Å². The van der Waals surface area contributed by atoms with Crippen LogP contribution in [-0.4, -0.2) is 58.7 Å². The van der Waals surface area contributed by atoms with Gasteiger partial charge >= 0.3 is 0 Å². The number of ether oxygens (including phenoxy) is 2. The van der Waals surface area contributed by atoms with E-state index in [9.17, 15) is 13.2 Å². The minimum absolute atomic E-state index is 0.0653. The van der Waals surface area contributed by atoms with E-state index < -0.39 is 10.0 Å². The Morgan fingerprint density at radius 1 is 1.13 bits per heavy atom. The third-order valence-corrected chi connectivity index (χ3v) is 7.44. The molecule has 0 spiro atoms. The Morgan fingerprint density at radius 3 is 2.52 bits per heavy atom. The standard InChI is InChI=1S/C23H28N2O5S/c1-29-20-8-4-17(5-9-20)19-12-13-25(16-19)23(26)18-6-10-22(11-7-18)31(27,28)24-15-21-3-2-14-30-21/h4-11,19,21,24H,2-3,12-16H2,1H3. The van der Waals surface area contributed by atoms with Crippen molar-refractivity contribution < 1.29 is 22.7 Å². The van der Waals surface area contributed by atoms with E-state index in [1.165, 1.54) is 17.7 Å². The highest BCUT2D eigenvalue weighted by molar-refractivity contribution is 7.89. The fraction of sp³-hybridized carbons (Fsp3) is 0.435. The van der Waals surface area contributed by atoms with Crippen LogP contribution in [-0.2, 0) is 14.8 Å². The van der Waals surface area contributed by atoms with E-state index in [-0.39, 0.29) is 29.4 Å². The van der Waals surface area contributed by atoms with Gasteiger partial charge in [-0.3, -0.25) is 4.79 Å². The van der Waals surface area contributed by atoms with E-state index in [4.69, 9.17) is 9.47 Å². The van der Waals surface area contributed by atoms with E-state index in [1.54, 1.807) is 19.2 Å². The number of rotatable bonds is 7. The van der Waals surface area contributed by atoms with Crippen LogP contribution in [0.25, 0.3) is 0 Å². The molecule has 0 radical (unpaired) electrons. The number of hydrogen-bond donors (Lipinski definition) is 1. The van der Waals surface area contributed by atoms with Crippen molar-refractivity contribution in [1.82, 2.24) is 9.62 Å². The molecule has 2 saturated heterocycles. The molecule has 2 unspecified atom stereocenters. The summed E-state index contributed by atoms with van der Waals surface area (Å²) in [5.41, 5.74) is 1.68. The highest BCUT2D eigenvalue weighted by Gasteiger charge is 2.28. The van der Waals surface area contributed by atoms with Gasteiger partial charge in [0.2, 0.25) is 10.0 Å². The summed E-state index contributed by atoms with van der Waals surface area (Å²) in [6.07, 6.45) is 2.66. The van der Waals surface area contributed by atoms with Crippen LogP contribution in [0.4, 0.5) is 0 Å². The summed E-state index contributed by atoms with van der Waals surface area (Å²) in [5.74, 6) is 1.03. The van der Waals surface area contributed by atoms with E-state index >= 15 is 0 Å². The normalized spacial score (nSPS) is 21.4. The van der Waals surface area contributed by atoms with Crippen LogP contribution in [0.2, 0.25) is 0 Å². The number of carbonyl (C=O) groups excluding carboxylic acids is 1. The minimum atomic E-state index is -3.62. The average molecular weight is 445 g/mol. The van der Waals surface area contributed by atoms with Crippen LogP contribution >= 0.6 is 0 Å². The van der Waals surface area contributed by atoms with Gasteiger partial charge in [-0.25, -0.2) is 13.1 Å². The maximum absolute atomic E-state index is 12.9. The van der Waals surface area contributed by atoms with Crippen LogP contribution in [0.5, 0.6) is 5.75 Å². The molecule has 0 saturated carbocycles. The molecule has 2 aliphatic rings. The van der Waals surface area contributed by atoms with Gasteiger partial charge in [0.15, 0.2) is 0 Å². The number of benzene rings is 2. The monoisotopic (exact) mass is 444 g/mol. The first-order valence-corrected chi connectivity index (χ1v) is 12.1. The first kappa shape index (κ1) is 21.8. The van der Waals surface area contributed by atoms with Crippen molar-refractivity contribution in [2.75, 3.05) is 33.4 Å². The van der Waals surface area contributed by atoms with Gasteiger partial charge in [0, 0.05) is 37.7 Å². The highest BCUT2D eigenvalue weighted by Crippen LogP contribution is 2.29. The summed E-state index contributed by atoms with van der Waals surface area (Å²) in [6.45, 7) is 2.27. The molecule has 2 aliphatic heterocycles. The maximum Gasteiger partial charge on any atom is 0.253 e. The molecule has 31 heavy (non-hydrogen) atoms. The van der Waals surface area contributed by atoms with E-state index in [2.05, 4.69) is 4.72 Å². The van der Waals surface area contributed by atoms with Crippen LogP contribution in [0.3, 0.4) is 0 Å². The fourth-order valence-electron chi connectivity index (χ4n) is 4.14. The maximum atomic E-state index is 12.9. The number of likely N-dealkylation sites (tertiary alicyclic amines) is 1. The summed E-state index contributed by atoms with van der Waals surface area (Å²) in [5, 5.41) is 0. The van der Waals surface area contributed by atoms with Gasteiger partial charge in [0.25, 0.3) is 5.91 Å². The van der Waals surface area contributed by atoms with Crippen molar-refractivity contribution in [3.8, 4) is 5.75 Å². The molecule has 2 aromatic carbocycles. The number of hydrogen-bond acceptors (Lipinski definition) is 5. The number of methoxy groups -OCH3 is 1. The molecule has 166 valence electrons. The van der Waals surface area contributed by atoms with Gasteiger partial charge in [-0.05, 0) is 61.2 Å². The number of sulfonamides is 1. The Kier molecular flexibility index (Phi) is 6.60. The molecular weight excluding hydrogens is 416 g/mol. The molecule has 1 N–H and O–H groups in total. The molecule has 2 atom stereocenters. The SMILES string of the molecule is COc1ccc(C2CCN(C(=O)c3ccc(S(=O)(=O)NCC4CCCO4)cc3)C2)cc1. The second kappa shape index (κ2) is 9.38. The third kappa shape index (κ3) is 5.08. The highest BCUT2D eigenvalue weighted by atomic mass is 32.2. The molecule has 7 nitrogen and oxygen atoms in total. The summed E-state index contributed by atoms with van der Waals surface area (Å²) in [7, 11) is -1.98. The minimum Gasteiger partial charge on any atom is -0.497 e. The molecule has 2 fully saturated rings. The van der Waals surface area contributed by atoms with Crippen molar-refractivity contribution in [3.63, 3.8) is 0 Å². The summed E-state index contributed by atoms with van der Waals surface area (Å²) in [4.78, 5) is 14.9. The summed E-state index contributed by atoms with van der Waals surface area (Å²) >= 11 is 0. The number of carbonyl (C=O) groups is 1. The Hall–Kier alpha value is -2.42. The van der Waals surface area contributed by atoms with Crippen molar-refractivity contribution in [2.45, 2.75) is 36.2 Å². The van der Waals surface area contributed by atoms with Gasteiger partial charge in [-0.15, -0.1) is 0 Å². The summed E-state index contributed by atoms with van der Waals surface area (Å²) in [6, 6.07) is 14.1. The molecular formula is C23H28N2O5S. The Morgan fingerprint density at radius 2 is 1.87 bits per heavy atom. The lowest BCUT2D eigenvalue weighted by Gasteiger charge is -2.17. The van der Waals surface area contributed by atoms with Gasteiger partial charge < -0.3 is 14.4 Å². The molecule has 8 heteroatoms. The zero-order valence-corrected chi connectivity index (χ0v) is 18.4. The molecule has 0 aliphatic carbocycles. The van der Waals surface area contributed by atoms with E-state index in [0.717, 1.165) is 25.0 Å². The van der Waals surface area contributed by atoms with Gasteiger partial charge in [-0.2, -0.15) is 0 Å². The Labute approximate surface area is 183 Å². The topological polar surface area (TPSA) is 84.9 Å². The van der Waals surface area contributed by atoms with Gasteiger partial charge in [0.05, 0.1) is 18.1 Å². The van der Waals surface area contributed by atoms with Gasteiger partial charge in [0.1, 0.15) is 5.75 Å². The van der Waals surface area contributed by atoms with Crippen molar-refractivity contribution >= 4 is 15.9 Å². The molecule has 2 heterocycles. The van der Waals surface area contributed by atoms with Crippen LogP contribution < -0.4 is 9.46 Å². The first-order valence-electron chi connectivity index (χ1n) is 10.6. The number of amides is 1. The lowest BCUT2D eigenvalue weighted by atomic mass is 9.98. The average Bonchev–Trinajstić information content (AvgIpc) is 3.50. The largest absolute Gasteiger partial charge is 0.497 e. The second-order valence-electron chi connectivity index (χ2n) is 8.02. The predicted molar refractivity (Wildman–Crippen MR) is 117 cm³/mol. The van der Waals surface area contributed by atoms with Crippen LogP contribution in [0, 0.1) is 0 Å². The first-order chi connectivity index (χ1) is 15.0. The molecule has 2 aromatic rings. The zero-order chi connectivity index (χ0) is 21.8. The molecule has 0 bridgehead atoms. The smallest absolute Gasteiger partial charge is 0.253 e. The lowest BCUT2D eigenvalue weighted by Crippen LogP contribution is -2.32. The Balaban J connectivity index is 1.36. The van der Waals surface area contributed by atoms with Crippen molar-refractivity contribution in [3.05, 3.63) is 59.7 Å². The lowest BCUT2D eigenvalue weighted by molar-refractivity contribution is 0.0790. The Bertz CT molecular complexity index is 999. The number of nitrogens with one attached hydrogen (secondary N) is 1. The van der Waals surface area contributed by atoms with Crippen LogP contribution in [0.1, 0.15) is 41.1 Å². The molecule has 1 amide bonds. The van der Waals surface area contributed by atoms with E-state index in [1.807, 2.05) is 29.2 Å². The van der Waals surface area contributed by atoms with E-state index in [0.29, 0.717) is 25.3 Å². The number of nitrogens with zero attached hydrogens (tertiary/aromatic N) is 1. The summed E-state index contributed by atoms with van der Waals surface area (Å²) < 4.78 is 38.3. The second-order valence-corrected chi connectivity index (χ2v) is 9.79. The predicted octanol–water partition coefficient (Wildman–Crippen LogP) is 2.78. The third-order valence-electron chi connectivity index (χ3n) is 6.00. The zero-order valence-electron chi connectivity index (χ0n) is 17.6. The van der Waals surface area contributed by atoms with Gasteiger partial charge in [-0.1, -0.05) is 12.1 Å². The molecule has 0 aromatic heterocycles. The molecule has 4 rings (SSSR count). The fourth-order valence-corrected chi connectivity index (χ4v) is 5.21. The van der Waals surface area contributed by atoms with Crippen LogP contribution in [0.15, 0.2) is 53.4 Å².